The molecule has 0 amide bonds. The van der Waals surface area contributed by atoms with Crippen LogP contribution in [0.5, 0.6) is 0 Å². The Bertz CT molecular complexity index is 777. The number of hydrogen-bond donors (Lipinski definition) is 2. The highest BCUT2D eigenvalue weighted by Gasteiger charge is 2.26. The summed E-state index contributed by atoms with van der Waals surface area (Å²) in [7, 11) is -3.17. The fourth-order valence-electron chi connectivity index (χ4n) is 3.08. The van der Waals surface area contributed by atoms with Crippen LogP contribution in [0, 0.1) is 5.92 Å². The Morgan fingerprint density at radius 2 is 2.00 bits per heavy atom. The van der Waals surface area contributed by atoms with Crippen molar-refractivity contribution in [2.75, 3.05) is 11.9 Å². The van der Waals surface area contributed by atoms with Gasteiger partial charge in [-0.25, -0.2) is 18.1 Å². The highest BCUT2D eigenvalue weighted by molar-refractivity contribution is 7.90. The Kier molecular flexibility index (Phi) is 5.10. The van der Waals surface area contributed by atoms with Crippen LogP contribution in [0.25, 0.3) is 11.1 Å². The number of benzene rings is 1. The molecule has 1 heterocycles. The van der Waals surface area contributed by atoms with Crippen molar-refractivity contribution in [3.05, 3.63) is 24.6 Å². The molecule has 0 bridgehead atoms. The van der Waals surface area contributed by atoms with E-state index in [1.165, 1.54) is 6.39 Å². The fraction of sp³-hybridized carbons (Fsp3) is 0.588. The minimum absolute atomic E-state index is 0.0835. The lowest BCUT2D eigenvalue weighted by molar-refractivity contribution is 0.323. The molecular weight excluding hydrogens is 326 g/mol. The van der Waals surface area contributed by atoms with Crippen molar-refractivity contribution in [3.8, 4) is 0 Å². The van der Waals surface area contributed by atoms with Crippen LogP contribution >= 0.6 is 0 Å². The molecule has 0 spiro atoms. The average Bonchev–Trinajstić information content (AvgIpc) is 3.01. The maximum Gasteiger partial charge on any atom is 0.214 e. The summed E-state index contributed by atoms with van der Waals surface area (Å²) in [5.74, 6) is 0.567. The molecule has 1 saturated carbocycles. The van der Waals surface area contributed by atoms with Crippen molar-refractivity contribution in [3.63, 3.8) is 0 Å². The van der Waals surface area contributed by atoms with Crippen molar-refractivity contribution >= 4 is 26.8 Å². The zero-order chi connectivity index (χ0) is 17.2. The third kappa shape index (κ3) is 4.08. The van der Waals surface area contributed by atoms with Crippen molar-refractivity contribution in [1.82, 2.24) is 9.71 Å². The summed E-state index contributed by atoms with van der Waals surface area (Å²) in [6.45, 7) is 4.32. The predicted octanol–water partition coefficient (Wildman–Crippen LogP) is 3.13. The molecule has 0 atom stereocenters. The minimum Gasteiger partial charge on any atom is -0.443 e. The summed E-state index contributed by atoms with van der Waals surface area (Å²) < 4.78 is 32.0. The van der Waals surface area contributed by atoms with Crippen LogP contribution in [-0.2, 0) is 10.0 Å². The van der Waals surface area contributed by atoms with Gasteiger partial charge in [0.1, 0.15) is 5.52 Å². The summed E-state index contributed by atoms with van der Waals surface area (Å²) >= 11 is 0. The predicted molar refractivity (Wildman–Crippen MR) is 95.4 cm³/mol. The average molecular weight is 351 g/mol. The Morgan fingerprint density at radius 3 is 2.71 bits per heavy atom. The molecule has 24 heavy (non-hydrogen) atoms. The number of nitrogens with one attached hydrogen (secondary N) is 2. The molecule has 7 heteroatoms. The first-order valence-corrected chi connectivity index (χ1v) is 10.1. The summed E-state index contributed by atoms with van der Waals surface area (Å²) in [5, 5.41) is 3.09. The summed E-state index contributed by atoms with van der Waals surface area (Å²) in [6.07, 6.45) is 5.32. The molecule has 3 rings (SSSR count). The van der Waals surface area contributed by atoms with E-state index in [4.69, 9.17) is 4.42 Å². The fourth-order valence-corrected chi connectivity index (χ4v) is 4.06. The number of rotatable bonds is 6. The van der Waals surface area contributed by atoms with Gasteiger partial charge < -0.3 is 9.73 Å². The van der Waals surface area contributed by atoms with E-state index in [1.807, 2.05) is 18.2 Å². The van der Waals surface area contributed by atoms with Crippen molar-refractivity contribution < 1.29 is 12.8 Å². The number of nitrogens with zero attached hydrogens (tertiary/aromatic N) is 1. The monoisotopic (exact) mass is 351 g/mol. The minimum atomic E-state index is -3.17. The van der Waals surface area contributed by atoms with Crippen molar-refractivity contribution in [1.29, 1.82) is 0 Å². The number of anilines is 1. The molecular formula is C17H25N3O3S. The molecule has 6 nitrogen and oxygen atoms in total. The molecule has 1 aromatic heterocycles. The van der Waals surface area contributed by atoms with Crippen LogP contribution in [0.2, 0.25) is 0 Å². The number of sulfonamides is 1. The van der Waals surface area contributed by atoms with Gasteiger partial charge in [-0.2, -0.15) is 0 Å². The van der Waals surface area contributed by atoms with E-state index < -0.39 is 10.0 Å². The number of hydrogen-bond acceptors (Lipinski definition) is 5. The number of fused-ring (bicyclic) bond motifs is 1. The van der Waals surface area contributed by atoms with Gasteiger partial charge in [-0.3, -0.25) is 0 Å². The summed E-state index contributed by atoms with van der Waals surface area (Å²) in [4.78, 5) is 4.16. The lowest BCUT2D eigenvalue weighted by Gasteiger charge is -2.29. The molecule has 1 aliphatic carbocycles. The Morgan fingerprint density at radius 1 is 1.25 bits per heavy atom. The highest BCUT2D eigenvalue weighted by Crippen LogP contribution is 2.26. The van der Waals surface area contributed by atoms with E-state index in [9.17, 15) is 8.42 Å². The zero-order valence-corrected chi connectivity index (χ0v) is 15.0. The van der Waals surface area contributed by atoms with Gasteiger partial charge in [-0.1, -0.05) is 0 Å². The molecule has 0 radical (unpaired) electrons. The van der Waals surface area contributed by atoms with Gasteiger partial charge >= 0.3 is 0 Å². The second-order valence-corrected chi connectivity index (χ2v) is 9.11. The van der Waals surface area contributed by atoms with E-state index in [2.05, 4.69) is 15.0 Å². The Hall–Kier alpha value is -1.60. The van der Waals surface area contributed by atoms with Gasteiger partial charge in [0.2, 0.25) is 10.0 Å². The Labute approximate surface area is 143 Å². The topological polar surface area (TPSA) is 84.2 Å². The van der Waals surface area contributed by atoms with Crippen molar-refractivity contribution in [2.24, 2.45) is 5.92 Å². The van der Waals surface area contributed by atoms with Crippen LogP contribution in [-0.4, -0.2) is 31.2 Å². The number of aromatic nitrogens is 1. The molecule has 2 N–H and O–H groups in total. The second kappa shape index (κ2) is 7.11. The van der Waals surface area contributed by atoms with E-state index in [0.29, 0.717) is 5.92 Å². The first kappa shape index (κ1) is 17.2. The van der Waals surface area contributed by atoms with Gasteiger partial charge in [-0.05, 0) is 63.6 Å². The van der Waals surface area contributed by atoms with Crippen LogP contribution in [0.1, 0.15) is 39.5 Å². The quantitative estimate of drug-likeness (QED) is 0.835. The van der Waals surface area contributed by atoms with Crippen LogP contribution in [0.15, 0.2) is 29.0 Å². The van der Waals surface area contributed by atoms with Gasteiger partial charge in [0.05, 0.1) is 5.25 Å². The van der Waals surface area contributed by atoms with Gasteiger partial charge in [0.15, 0.2) is 12.0 Å². The molecule has 1 aliphatic rings. The molecule has 2 aromatic rings. The van der Waals surface area contributed by atoms with Crippen LogP contribution in [0.4, 0.5) is 5.69 Å². The van der Waals surface area contributed by atoms with E-state index in [1.54, 1.807) is 13.8 Å². The van der Waals surface area contributed by atoms with E-state index in [0.717, 1.165) is 49.0 Å². The maximum atomic E-state index is 11.9. The second-order valence-electron chi connectivity index (χ2n) is 6.85. The molecule has 1 fully saturated rings. The van der Waals surface area contributed by atoms with E-state index >= 15 is 0 Å². The zero-order valence-electron chi connectivity index (χ0n) is 14.2. The third-order valence-electron chi connectivity index (χ3n) is 4.72. The smallest absolute Gasteiger partial charge is 0.214 e. The molecule has 132 valence electrons. The Balaban J connectivity index is 1.47. The molecule has 1 aromatic carbocycles. The first-order chi connectivity index (χ1) is 11.4. The lowest BCUT2D eigenvalue weighted by atomic mass is 9.86. The standard InChI is InChI=1S/C17H25N3O3S/c1-12(2)24(21,22)20-14-5-3-13(4-6-14)10-18-15-7-8-17-16(9-15)19-11-23-17/h7-9,11-14,18,20H,3-6,10H2,1-2H3/t13-,14-. The first-order valence-electron chi connectivity index (χ1n) is 8.52. The van der Waals surface area contributed by atoms with Crippen molar-refractivity contribution in [2.45, 2.75) is 50.8 Å². The SMILES string of the molecule is CC(C)S(=O)(=O)N[C@H]1CC[C@H](CNc2ccc3ocnc3c2)CC1. The lowest BCUT2D eigenvalue weighted by Crippen LogP contribution is -2.41. The van der Waals surface area contributed by atoms with Gasteiger partial charge in [-0.15, -0.1) is 0 Å². The highest BCUT2D eigenvalue weighted by atomic mass is 32.2. The molecule has 0 saturated heterocycles. The van der Waals surface area contributed by atoms with Crippen LogP contribution < -0.4 is 10.0 Å². The summed E-state index contributed by atoms with van der Waals surface area (Å²) in [6, 6.07) is 5.99. The van der Waals surface area contributed by atoms with Crippen LogP contribution in [0.3, 0.4) is 0 Å². The third-order valence-corrected chi connectivity index (χ3v) is 6.63. The largest absolute Gasteiger partial charge is 0.443 e. The van der Waals surface area contributed by atoms with Gasteiger partial charge in [0.25, 0.3) is 0 Å². The number of oxazole rings is 1. The van der Waals surface area contributed by atoms with E-state index in [-0.39, 0.29) is 11.3 Å². The molecule has 0 unspecified atom stereocenters. The maximum absolute atomic E-state index is 11.9. The van der Waals surface area contributed by atoms with Gasteiger partial charge in [0, 0.05) is 18.3 Å². The normalized spacial score (nSPS) is 22.1. The summed E-state index contributed by atoms with van der Waals surface area (Å²) in [5.41, 5.74) is 2.68. The molecule has 0 aliphatic heterocycles.